The van der Waals surface area contributed by atoms with Crippen LogP contribution in [0.5, 0.6) is 0 Å². The Morgan fingerprint density at radius 2 is 0.216 bits per heavy atom. The van der Waals surface area contributed by atoms with Crippen LogP contribution >= 0.6 is 0 Å². The second-order valence-corrected chi connectivity index (χ2v) is 19.0. The van der Waals surface area contributed by atoms with Crippen molar-refractivity contribution in [1.29, 1.82) is 0 Å². The molecular formula is C24DyF51O9S3. The molecule has 0 aliphatic carbocycles. The molecule has 0 fully saturated rings. The zero-order valence-corrected chi connectivity index (χ0v) is 41.0. The van der Waals surface area contributed by atoms with Gasteiger partial charge in [-0.2, -0.15) is 224 Å². The van der Waals surface area contributed by atoms with E-state index in [1.807, 2.05) is 0 Å². The van der Waals surface area contributed by atoms with Crippen molar-refractivity contribution < 1.29 is 301 Å². The Labute approximate surface area is 471 Å². The summed E-state index contributed by atoms with van der Waals surface area (Å²) >= 11 is 0. The van der Waals surface area contributed by atoms with Crippen molar-refractivity contribution >= 4 is 30.4 Å². The maximum absolute atomic E-state index is 13.0. The summed E-state index contributed by atoms with van der Waals surface area (Å²) in [6.07, 6.45) is -23.7. The second-order valence-electron chi connectivity index (χ2n) is 14.7. The van der Waals surface area contributed by atoms with Gasteiger partial charge in [0.05, 0.1) is 0 Å². The average molecular weight is 1660 g/mol. The summed E-state index contributed by atoms with van der Waals surface area (Å²) in [5, 5.41) is -23.9. The molecule has 535 valence electrons. The summed E-state index contributed by atoms with van der Waals surface area (Å²) in [6.45, 7) is 0. The van der Waals surface area contributed by atoms with Crippen LogP contribution in [0.25, 0.3) is 0 Å². The van der Waals surface area contributed by atoms with Crippen LogP contribution in [-0.2, 0) is 30.4 Å². The third kappa shape index (κ3) is 12.4. The first kappa shape index (κ1) is 91.8. The zero-order valence-electron chi connectivity index (χ0n) is 36.5. The van der Waals surface area contributed by atoms with Gasteiger partial charge < -0.3 is 13.7 Å². The van der Waals surface area contributed by atoms with Gasteiger partial charge in [-0.15, -0.1) is 0 Å². The first-order valence-electron chi connectivity index (χ1n) is 17.0. The van der Waals surface area contributed by atoms with Crippen LogP contribution < -0.4 is 0 Å². The average Bonchev–Trinajstić information content (AvgIpc) is 3.23. The minimum Gasteiger partial charge on any atom is -0.743 e. The number of rotatable bonds is 21. The summed E-state index contributed by atoms with van der Waals surface area (Å²) in [5.41, 5.74) is 0. The second kappa shape index (κ2) is 23.1. The smallest absolute Gasteiger partial charge is 0.743 e. The Hall–Kier alpha value is -2.57. The van der Waals surface area contributed by atoms with Crippen LogP contribution in [0.2, 0.25) is 0 Å². The molecule has 1 radical (unpaired) electrons. The molecule has 0 saturated heterocycles. The quantitative estimate of drug-likeness (QED) is 0.0801. The number of alkyl halides is 51. The van der Waals surface area contributed by atoms with Crippen LogP contribution in [0.15, 0.2) is 0 Å². The van der Waals surface area contributed by atoms with Crippen molar-refractivity contribution in [2.75, 3.05) is 0 Å². The molecule has 0 unspecified atom stereocenters. The monoisotopic (exact) mass is 1660 g/mol. The topological polar surface area (TPSA) is 172 Å². The third-order valence-corrected chi connectivity index (χ3v) is 11.7. The van der Waals surface area contributed by atoms with E-state index in [2.05, 4.69) is 0 Å². The van der Waals surface area contributed by atoms with Gasteiger partial charge in [0.25, 0.3) is 0 Å². The van der Waals surface area contributed by atoms with Gasteiger partial charge in [-0.3, -0.25) is 0 Å². The normalized spacial score (nSPS) is 16.7. The van der Waals surface area contributed by atoms with Gasteiger partial charge in [0.15, 0.2) is 30.4 Å². The fourth-order valence-electron chi connectivity index (χ4n) is 3.92. The molecule has 9 nitrogen and oxygen atoms in total. The van der Waals surface area contributed by atoms with Gasteiger partial charge in [-0.1, -0.05) is 0 Å². The SMILES string of the molecule is O=S(=O)([O-])C(F)(F)C(F)(F)C(F)(F)C(F)(F)C(F)(F)C(F)(F)C(F)(F)C(F)(F)F.O=S(=O)([O-])C(F)(F)C(F)(F)C(F)(F)C(F)(F)C(F)(F)C(F)(F)C(F)(F)C(F)(F)F.O=S(=O)([O-])C(F)(F)C(F)(F)C(F)(F)C(F)(F)C(F)(F)C(F)(F)C(F)(F)C(F)(F)F.[Dy+3]. The summed E-state index contributed by atoms with van der Waals surface area (Å²) in [7, 11) is -24.4. The molecular weight excluding hydrogens is 1660 g/mol. The first-order valence-corrected chi connectivity index (χ1v) is 21.2. The Morgan fingerprint density at radius 3 is 0.284 bits per heavy atom. The molecule has 0 aliphatic heterocycles. The van der Waals surface area contributed by atoms with Gasteiger partial charge >= 0.3 is 179 Å². The van der Waals surface area contributed by atoms with E-state index in [0.717, 1.165) is 0 Å². The van der Waals surface area contributed by atoms with Gasteiger partial charge in [-0.25, -0.2) is 25.3 Å². The van der Waals surface area contributed by atoms with E-state index in [1.54, 1.807) is 0 Å². The Morgan fingerprint density at radius 1 is 0.148 bits per heavy atom. The summed E-state index contributed by atoms with van der Waals surface area (Å²) in [4.78, 5) is 0. The Bertz CT molecular complexity index is 2500. The van der Waals surface area contributed by atoms with Gasteiger partial charge in [0.1, 0.15) is 0 Å². The van der Waals surface area contributed by atoms with E-state index in [0.29, 0.717) is 0 Å². The number of hydrogen-bond donors (Lipinski definition) is 0. The van der Waals surface area contributed by atoms with E-state index < -0.39 is 171 Å². The largest absolute Gasteiger partial charge is 3.00 e. The fraction of sp³-hybridized carbons (Fsp3) is 1.00. The van der Waals surface area contributed by atoms with Gasteiger partial charge in [0, 0.05) is 0 Å². The molecule has 0 aromatic carbocycles. The van der Waals surface area contributed by atoms with E-state index >= 15 is 0 Å². The molecule has 0 atom stereocenters. The molecule has 0 aromatic heterocycles. The summed E-state index contributed by atoms with van der Waals surface area (Å²) < 4.78 is 732. The van der Waals surface area contributed by atoms with Crippen molar-refractivity contribution in [2.24, 2.45) is 0 Å². The minimum atomic E-state index is -8.92. The molecule has 0 N–H and O–H groups in total. The molecule has 0 amide bonds. The van der Waals surface area contributed by atoms with E-state index in [4.69, 9.17) is 0 Å². The van der Waals surface area contributed by atoms with Crippen LogP contribution in [0.4, 0.5) is 224 Å². The predicted octanol–water partition coefficient (Wildman–Crippen LogP) is 13.5. The fourth-order valence-corrected chi connectivity index (χ4v) is 5.25. The zero-order chi connectivity index (χ0) is 73.5. The molecule has 0 heterocycles. The van der Waals surface area contributed by atoms with E-state index in [9.17, 15) is 263 Å². The van der Waals surface area contributed by atoms with Crippen molar-refractivity contribution in [3.8, 4) is 0 Å². The first-order chi connectivity index (χ1) is 36.0. The maximum Gasteiger partial charge on any atom is 3.00 e. The minimum absolute atomic E-state index is 0. The van der Waals surface area contributed by atoms with Crippen LogP contribution in [0, 0.1) is 38.2 Å². The van der Waals surface area contributed by atoms with E-state index in [-0.39, 0.29) is 38.2 Å². The van der Waals surface area contributed by atoms with E-state index in [1.165, 1.54) is 0 Å². The van der Waals surface area contributed by atoms with Crippen LogP contribution in [0.1, 0.15) is 0 Å². The molecule has 0 spiro atoms. The van der Waals surface area contributed by atoms with Crippen LogP contribution in [0.3, 0.4) is 0 Å². The molecule has 0 aromatic rings. The van der Waals surface area contributed by atoms with Crippen molar-refractivity contribution in [2.45, 2.75) is 141 Å². The third-order valence-electron chi connectivity index (χ3n) is 9.02. The summed E-state index contributed by atoms with van der Waals surface area (Å²) in [6, 6.07) is 0. The summed E-state index contributed by atoms with van der Waals surface area (Å²) in [5.74, 6) is -156. The Balaban J connectivity index is -0.000000598. The standard InChI is InChI=1S/3C8HF17O3S.Dy/c3*9-1(10,3(13,14)5(17,18)7(21,22)23)2(11,12)4(15,16)6(19,20)8(24,25)29(26,27)28;/h3*(H,26,27,28);/q;;;+3/p-3. The van der Waals surface area contributed by atoms with Gasteiger partial charge in [-0.05, 0) is 0 Å². The molecule has 0 aliphatic rings. The molecule has 64 heteroatoms. The van der Waals surface area contributed by atoms with Gasteiger partial charge in [0.2, 0.25) is 0 Å². The van der Waals surface area contributed by atoms with Crippen LogP contribution in [-0.4, -0.2) is 180 Å². The molecule has 0 saturated carbocycles. The Kier molecular flexibility index (Phi) is 24.1. The van der Waals surface area contributed by atoms with Crippen molar-refractivity contribution in [3.63, 3.8) is 0 Å². The van der Waals surface area contributed by atoms with Crippen molar-refractivity contribution in [3.05, 3.63) is 0 Å². The van der Waals surface area contributed by atoms with Crippen molar-refractivity contribution in [1.82, 2.24) is 0 Å². The number of hydrogen-bond acceptors (Lipinski definition) is 9. The molecule has 88 heavy (non-hydrogen) atoms. The molecule has 0 bridgehead atoms. The number of halogens is 51. The maximum atomic E-state index is 13.0. The molecule has 0 rings (SSSR count). The predicted molar refractivity (Wildman–Crippen MR) is 151 cm³/mol.